The minimum absolute atomic E-state index is 0.259. The summed E-state index contributed by atoms with van der Waals surface area (Å²) in [4.78, 5) is 13.9. The topological polar surface area (TPSA) is 50.4 Å². The van der Waals surface area contributed by atoms with Gasteiger partial charge in [-0.3, -0.25) is 0 Å². The monoisotopic (exact) mass is 388 g/mol. The van der Waals surface area contributed by atoms with Crippen molar-refractivity contribution >= 4 is 45.3 Å². The normalized spacial score (nSPS) is 15.8. The second kappa shape index (κ2) is 8.64. The number of para-hydroxylation sites is 1. The first-order valence-electron chi connectivity index (χ1n) is 9.07. The van der Waals surface area contributed by atoms with E-state index in [1.54, 1.807) is 11.3 Å². The van der Waals surface area contributed by atoms with Crippen LogP contribution in [-0.2, 0) is 17.6 Å². The van der Waals surface area contributed by atoms with Crippen LogP contribution < -0.4 is 10.6 Å². The van der Waals surface area contributed by atoms with Gasteiger partial charge in [-0.15, -0.1) is 11.3 Å². The molecule has 138 valence electrons. The van der Waals surface area contributed by atoms with Gasteiger partial charge in [-0.1, -0.05) is 31.5 Å². The Kier molecular flexibility index (Phi) is 6.27. The third kappa shape index (κ3) is 4.24. The lowest BCUT2D eigenvalue weighted by Crippen LogP contribution is -2.20. The van der Waals surface area contributed by atoms with Gasteiger partial charge in [-0.25, -0.2) is 4.79 Å². The van der Waals surface area contributed by atoms with Gasteiger partial charge >= 0.3 is 5.97 Å². The molecule has 3 rings (SSSR count). The fourth-order valence-electron chi connectivity index (χ4n) is 3.30. The third-order valence-electron chi connectivity index (χ3n) is 4.68. The maximum atomic E-state index is 12.6. The number of benzene rings is 1. The average molecular weight is 389 g/mol. The predicted molar refractivity (Wildman–Crippen MR) is 112 cm³/mol. The molecule has 4 nitrogen and oxygen atoms in total. The molecule has 0 saturated carbocycles. The van der Waals surface area contributed by atoms with Crippen LogP contribution in [0.4, 0.5) is 10.7 Å². The second-order valence-electron chi connectivity index (χ2n) is 6.39. The maximum absolute atomic E-state index is 12.6. The molecule has 1 aromatic heterocycles. The first kappa shape index (κ1) is 18.9. The molecule has 1 aliphatic rings. The number of hydrogen-bond acceptors (Lipinski definition) is 4. The Labute approximate surface area is 164 Å². The van der Waals surface area contributed by atoms with Crippen molar-refractivity contribution in [2.45, 2.75) is 39.5 Å². The lowest BCUT2D eigenvalue weighted by molar-refractivity contribution is 0.0526. The number of hydrogen-bond donors (Lipinski definition) is 2. The van der Waals surface area contributed by atoms with Crippen LogP contribution in [0, 0.1) is 5.92 Å². The third-order valence-corrected chi connectivity index (χ3v) is 6.06. The molecular weight excluding hydrogens is 364 g/mol. The molecule has 0 unspecified atom stereocenters. The van der Waals surface area contributed by atoms with Crippen molar-refractivity contribution in [3.63, 3.8) is 0 Å². The van der Waals surface area contributed by atoms with Crippen molar-refractivity contribution in [3.05, 3.63) is 46.3 Å². The summed E-state index contributed by atoms with van der Waals surface area (Å²) >= 11 is 7.08. The number of anilines is 2. The Morgan fingerprint density at radius 1 is 1.27 bits per heavy atom. The molecule has 0 fully saturated rings. The van der Waals surface area contributed by atoms with Crippen LogP contribution in [0.1, 0.15) is 47.5 Å². The van der Waals surface area contributed by atoms with E-state index >= 15 is 0 Å². The highest BCUT2D eigenvalue weighted by molar-refractivity contribution is 7.80. The molecule has 0 spiro atoms. The smallest absolute Gasteiger partial charge is 0.341 e. The Morgan fingerprint density at radius 3 is 2.73 bits per heavy atom. The molecule has 1 aromatic carbocycles. The van der Waals surface area contributed by atoms with Gasteiger partial charge in [0, 0.05) is 10.6 Å². The van der Waals surface area contributed by atoms with Crippen molar-refractivity contribution < 1.29 is 9.53 Å². The zero-order chi connectivity index (χ0) is 18.5. The lowest BCUT2D eigenvalue weighted by atomic mass is 9.86. The summed E-state index contributed by atoms with van der Waals surface area (Å²) in [6.07, 6.45) is 4.25. The largest absolute Gasteiger partial charge is 0.462 e. The molecule has 1 atom stereocenters. The zero-order valence-electron chi connectivity index (χ0n) is 15.1. The van der Waals surface area contributed by atoms with E-state index in [9.17, 15) is 4.79 Å². The predicted octanol–water partition coefficient (Wildman–Crippen LogP) is 5.25. The van der Waals surface area contributed by atoms with Crippen LogP contribution in [0.5, 0.6) is 0 Å². The van der Waals surface area contributed by atoms with E-state index in [0.29, 0.717) is 23.2 Å². The van der Waals surface area contributed by atoms with Crippen LogP contribution in [-0.4, -0.2) is 17.7 Å². The molecule has 6 heteroatoms. The molecule has 2 aromatic rings. The van der Waals surface area contributed by atoms with Crippen LogP contribution >= 0.6 is 23.6 Å². The molecular formula is C20H24N2O2S2. The highest BCUT2D eigenvalue weighted by Crippen LogP contribution is 2.40. The van der Waals surface area contributed by atoms with Crippen LogP contribution in [0.15, 0.2) is 30.3 Å². The Balaban J connectivity index is 1.84. The van der Waals surface area contributed by atoms with Gasteiger partial charge < -0.3 is 15.4 Å². The Bertz CT molecular complexity index is 787. The minimum atomic E-state index is -0.259. The molecule has 0 radical (unpaired) electrons. The van der Waals surface area contributed by atoms with Crippen molar-refractivity contribution in [3.8, 4) is 0 Å². The lowest BCUT2D eigenvalue weighted by Gasteiger charge is -2.21. The summed E-state index contributed by atoms with van der Waals surface area (Å²) in [5.74, 6) is 0.434. The van der Waals surface area contributed by atoms with Gasteiger partial charge in [0.25, 0.3) is 0 Å². The summed E-state index contributed by atoms with van der Waals surface area (Å²) in [7, 11) is 0. The van der Waals surface area contributed by atoms with Crippen molar-refractivity contribution in [1.29, 1.82) is 0 Å². The quantitative estimate of drug-likeness (QED) is 0.541. The van der Waals surface area contributed by atoms with Gasteiger partial charge in [0.1, 0.15) is 5.00 Å². The number of thiocarbonyl (C=S) groups is 1. The average Bonchev–Trinajstić information content (AvgIpc) is 2.99. The summed E-state index contributed by atoms with van der Waals surface area (Å²) in [6, 6.07) is 9.75. The Hall–Kier alpha value is -1.92. The SMILES string of the molecule is CCOC(=O)c1c(NC(=S)Nc2ccccc2)sc2c1CC[C@H](CC)C2. The van der Waals surface area contributed by atoms with Crippen molar-refractivity contribution in [2.75, 3.05) is 17.2 Å². The van der Waals surface area contributed by atoms with E-state index in [2.05, 4.69) is 17.6 Å². The first-order chi connectivity index (χ1) is 12.6. The number of fused-ring (bicyclic) bond motifs is 1. The summed E-state index contributed by atoms with van der Waals surface area (Å²) in [6.45, 7) is 4.43. The number of thiophene rings is 1. The van der Waals surface area contributed by atoms with E-state index in [0.717, 1.165) is 35.5 Å². The molecule has 1 aliphatic carbocycles. The van der Waals surface area contributed by atoms with Gasteiger partial charge in [-0.2, -0.15) is 0 Å². The van der Waals surface area contributed by atoms with Crippen molar-refractivity contribution in [2.24, 2.45) is 5.92 Å². The van der Waals surface area contributed by atoms with E-state index < -0.39 is 0 Å². The van der Waals surface area contributed by atoms with Gasteiger partial charge in [0.05, 0.1) is 12.2 Å². The summed E-state index contributed by atoms with van der Waals surface area (Å²) in [5.41, 5.74) is 2.72. The number of carbonyl (C=O) groups is 1. The van der Waals surface area contributed by atoms with E-state index in [4.69, 9.17) is 17.0 Å². The van der Waals surface area contributed by atoms with Gasteiger partial charge in [0.2, 0.25) is 0 Å². The molecule has 0 aliphatic heterocycles. The molecule has 26 heavy (non-hydrogen) atoms. The van der Waals surface area contributed by atoms with Crippen LogP contribution in [0.2, 0.25) is 0 Å². The van der Waals surface area contributed by atoms with E-state index in [1.165, 1.54) is 11.3 Å². The van der Waals surface area contributed by atoms with E-state index in [1.807, 2.05) is 37.3 Å². The molecule has 0 saturated heterocycles. The molecule has 2 N–H and O–H groups in total. The second-order valence-corrected chi connectivity index (χ2v) is 7.90. The van der Waals surface area contributed by atoms with Gasteiger partial charge in [0.15, 0.2) is 5.11 Å². The number of rotatable bonds is 5. The van der Waals surface area contributed by atoms with E-state index in [-0.39, 0.29) is 5.97 Å². The fraction of sp³-hybridized carbons (Fsp3) is 0.400. The maximum Gasteiger partial charge on any atom is 0.341 e. The van der Waals surface area contributed by atoms with Gasteiger partial charge in [-0.05, 0) is 62.0 Å². The highest BCUT2D eigenvalue weighted by atomic mass is 32.1. The standard InChI is InChI=1S/C20H24N2O2S2/c1-3-13-10-11-15-16(12-13)26-18(17(15)19(23)24-4-2)22-20(25)21-14-8-6-5-7-9-14/h5-9,13H,3-4,10-12H2,1-2H3,(H2,21,22,25)/t13-/m0/s1. The molecule has 0 bridgehead atoms. The highest BCUT2D eigenvalue weighted by Gasteiger charge is 2.29. The first-order valence-corrected chi connectivity index (χ1v) is 10.3. The number of nitrogens with one attached hydrogen (secondary N) is 2. The molecule has 0 amide bonds. The van der Waals surface area contributed by atoms with Crippen LogP contribution in [0.25, 0.3) is 0 Å². The number of esters is 1. The summed E-state index contributed by atoms with van der Waals surface area (Å²) in [5, 5.41) is 7.66. The summed E-state index contributed by atoms with van der Waals surface area (Å²) < 4.78 is 5.31. The zero-order valence-corrected chi connectivity index (χ0v) is 16.8. The Morgan fingerprint density at radius 2 is 2.04 bits per heavy atom. The number of ether oxygens (including phenoxy) is 1. The number of carbonyl (C=O) groups excluding carboxylic acids is 1. The van der Waals surface area contributed by atoms with Crippen LogP contribution in [0.3, 0.4) is 0 Å². The fourth-order valence-corrected chi connectivity index (χ4v) is 4.94. The minimum Gasteiger partial charge on any atom is -0.462 e. The van der Waals surface area contributed by atoms with Crippen molar-refractivity contribution in [1.82, 2.24) is 0 Å². The molecule has 1 heterocycles.